The van der Waals surface area contributed by atoms with Crippen molar-refractivity contribution in [1.82, 2.24) is 5.32 Å². The fraction of sp³-hybridized carbons (Fsp3) is 0.538. The molecule has 0 saturated carbocycles. The average Bonchev–Trinajstić information content (AvgIpc) is 2.70. The number of hydrogen-bond donors (Lipinski definition) is 2. The van der Waals surface area contributed by atoms with Crippen molar-refractivity contribution in [1.29, 1.82) is 0 Å². The molecule has 0 bridgehead atoms. The Morgan fingerprint density at radius 3 is 2.53 bits per heavy atom. The summed E-state index contributed by atoms with van der Waals surface area (Å²) in [5, 5.41) is 12.0. The molecule has 1 heterocycles. The zero-order valence-corrected chi connectivity index (χ0v) is 12.3. The van der Waals surface area contributed by atoms with Crippen molar-refractivity contribution in [2.45, 2.75) is 33.4 Å². The van der Waals surface area contributed by atoms with E-state index in [-0.39, 0.29) is 11.9 Å². The van der Waals surface area contributed by atoms with E-state index in [9.17, 15) is 9.59 Å². The van der Waals surface area contributed by atoms with Crippen LogP contribution in [0.25, 0.3) is 0 Å². The Labute approximate surface area is 116 Å². The number of ether oxygens (including phenoxy) is 1. The monoisotopic (exact) mass is 285 g/mol. The normalized spacial score (nSPS) is 12.5. The summed E-state index contributed by atoms with van der Waals surface area (Å²) in [6.07, 6.45) is 0. The smallest absolute Gasteiger partial charge is 0.345 e. The molecule has 1 aromatic rings. The summed E-state index contributed by atoms with van der Waals surface area (Å²) < 4.78 is 4.74. The maximum Gasteiger partial charge on any atom is 0.345 e. The van der Waals surface area contributed by atoms with Gasteiger partial charge in [0, 0.05) is 11.4 Å². The van der Waals surface area contributed by atoms with E-state index in [4.69, 9.17) is 9.84 Å². The molecular weight excluding hydrogens is 266 g/mol. The summed E-state index contributed by atoms with van der Waals surface area (Å²) in [6.45, 7) is 6.18. The van der Waals surface area contributed by atoms with Gasteiger partial charge in [0.2, 0.25) is 0 Å². The number of methoxy groups -OCH3 is 1. The molecule has 0 aromatic carbocycles. The Morgan fingerprint density at radius 2 is 2.11 bits per heavy atom. The third-order valence-electron chi connectivity index (χ3n) is 2.87. The number of rotatable bonds is 6. The minimum absolute atomic E-state index is 0.102. The molecule has 0 aliphatic heterocycles. The van der Waals surface area contributed by atoms with Gasteiger partial charge < -0.3 is 15.2 Å². The Kier molecular flexibility index (Phi) is 5.50. The molecule has 1 unspecified atom stereocenters. The van der Waals surface area contributed by atoms with E-state index >= 15 is 0 Å². The number of nitrogens with one attached hydrogen (secondary N) is 1. The van der Waals surface area contributed by atoms with Crippen molar-refractivity contribution < 1.29 is 19.4 Å². The molecule has 0 amide bonds. The second-order valence-corrected chi connectivity index (χ2v) is 5.88. The lowest BCUT2D eigenvalue weighted by molar-refractivity contribution is -0.144. The van der Waals surface area contributed by atoms with E-state index in [0.29, 0.717) is 11.4 Å². The molecule has 0 saturated heterocycles. The Morgan fingerprint density at radius 1 is 1.47 bits per heavy atom. The van der Waals surface area contributed by atoms with Crippen LogP contribution in [0.5, 0.6) is 0 Å². The first-order valence-electron chi connectivity index (χ1n) is 6.00. The molecule has 6 heteroatoms. The molecule has 0 aliphatic rings. The largest absolute Gasteiger partial charge is 0.477 e. The second-order valence-electron chi connectivity index (χ2n) is 4.62. The molecule has 1 rings (SSSR count). The summed E-state index contributed by atoms with van der Waals surface area (Å²) in [5.41, 5.74) is 0.900. The number of carboxylic acid groups (broad SMARTS) is 1. The van der Waals surface area contributed by atoms with Gasteiger partial charge in [-0.2, -0.15) is 0 Å². The van der Waals surface area contributed by atoms with Crippen molar-refractivity contribution in [2.75, 3.05) is 7.11 Å². The molecule has 0 fully saturated rings. The first kappa shape index (κ1) is 15.7. The highest BCUT2D eigenvalue weighted by Gasteiger charge is 2.22. The fourth-order valence-corrected chi connectivity index (χ4v) is 2.62. The van der Waals surface area contributed by atoms with Crippen LogP contribution in [0, 0.1) is 12.8 Å². The number of aromatic carboxylic acids is 1. The van der Waals surface area contributed by atoms with Crippen molar-refractivity contribution in [3.8, 4) is 0 Å². The standard InChI is InChI=1S/C13H19NO4S/c1-7(2)11(13(17)18-4)14-6-9-5-10(12(15)16)19-8(9)3/h5,7,11,14H,6H2,1-4H3,(H,15,16). The quantitative estimate of drug-likeness (QED) is 0.782. The van der Waals surface area contributed by atoms with Crippen LogP contribution in [-0.2, 0) is 16.1 Å². The lowest BCUT2D eigenvalue weighted by Crippen LogP contribution is -2.41. The summed E-state index contributed by atoms with van der Waals surface area (Å²) in [7, 11) is 1.36. The van der Waals surface area contributed by atoms with Crippen molar-refractivity contribution in [2.24, 2.45) is 5.92 Å². The predicted octanol–water partition coefficient (Wildman–Crippen LogP) is 2.04. The van der Waals surface area contributed by atoms with Gasteiger partial charge in [0.05, 0.1) is 7.11 Å². The summed E-state index contributed by atoms with van der Waals surface area (Å²) in [6, 6.07) is 1.25. The van der Waals surface area contributed by atoms with Gasteiger partial charge in [-0.25, -0.2) is 4.79 Å². The maximum atomic E-state index is 11.6. The van der Waals surface area contributed by atoms with Gasteiger partial charge in [0.25, 0.3) is 0 Å². The third-order valence-corrected chi connectivity index (χ3v) is 3.95. The molecule has 5 nitrogen and oxygen atoms in total. The van der Waals surface area contributed by atoms with Crippen LogP contribution in [-0.4, -0.2) is 30.2 Å². The van der Waals surface area contributed by atoms with E-state index < -0.39 is 12.0 Å². The van der Waals surface area contributed by atoms with E-state index in [1.165, 1.54) is 18.4 Å². The number of carboxylic acids is 1. The summed E-state index contributed by atoms with van der Waals surface area (Å²) in [4.78, 5) is 23.7. The van der Waals surface area contributed by atoms with Gasteiger partial charge in [-0.3, -0.25) is 4.79 Å². The molecule has 1 atom stereocenters. The van der Waals surface area contributed by atoms with E-state index in [1.54, 1.807) is 6.07 Å². The van der Waals surface area contributed by atoms with Gasteiger partial charge in [-0.05, 0) is 24.5 Å². The lowest BCUT2D eigenvalue weighted by atomic mass is 10.0. The van der Waals surface area contributed by atoms with Crippen molar-refractivity contribution in [3.05, 3.63) is 21.4 Å². The molecule has 0 aliphatic carbocycles. The van der Waals surface area contributed by atoms with Crippen LogP contribution >= 0.6 is 11.3 Å². The number of carbonyl (C=O) groups excluding carboxylic acids is 1. The van der Waals surface area contributed by atoms with E-state index in [1.807, 2.05) is 20.8 Å². The number of hydrogen-bond acceptors (Lipinski definition) is 5. The second kappa shape index (κ2) is 6.68. The van der Waals surface area contributed by atoms with Crippen LogP contribution in [0.15, 0.2) is 6.07 Å². The minimum atomic E-state index is -0.923. The first-order valence-corrected chi connectivity index (χ1v) is 6.82. The van der Waals surface area contributed by atoms with Crippen LogP contribution in [0.2, 0.25) is 0 Å². The van der Waals surface area contributed by atoms with Gasteiger partial charge >= 0.3 is 11.9 Å². The molecule has 19 heavy (non-hydrogen) atoms. The highest BCUT2D eigenvalue weighted by atomic mass is 32.1. The fourth-order valence-electron chi connectivity index (χ4n) is 1.74. The van der Waals surface area contributed by atoms with Crippen molar-refractivity contribution in [3.63, 3.8) is 0 Å². The third kappa shape index (κ3) is 4.04. The van der Waals surface area contributed by atoms with E-state index in [0.717, 1.165) is 10.4 Å². The zero-order valence-electron chi connectivity index (χ0n) is 11.5. The zero-order chi connectivity index (χ0) is 14.6. The Hall–Kier alpha value is -1.40. The highest BCUT2D eigenvalue weighted by molar-refractivity contribution is 7.14. The van der Waals surface area contributed by atoms with Gasteiger partial charge in [0.15, 0.2) is 0 Å². The molecular formula is C13H19NO4S. The van der Waals surface area contributed by atoms with Crippen LogP contribution in [0.1, 0.15) is 34.0 Å². The van der Waals surface area contributed by atoms with E-state index in [2.05, 4.69) is 5.32 Å². The molecule has 106 valence electrons. The lowest BCUT2D eigenvalue weighted by Gasteiger charge is -2.19. The number of thiophene rings is 1. The summed E-state index contributed by atoms with van der Waals surface area (Å²) >= 11 is 1.24. The predicted molar refractivity (Wildman–Crippen MR) is 73.5 cm³/mol. The molecule has 2 N–H and O–H groups in total. The van der Waals surface area contributed by atoms with Crippen LogP contribution in [0.4, 0.5) is 0 Å². The van der Waals surface area contributed by atoms with Gasteiger partial charge in [0.1, 0.15) is 10.9 Å². The molecule has 1 aromatic heterocycles. The van der Waals surface area contributed by atoms with Crippen molar-refractivity contribution >= 4 is 23.3 Å². The SMILES string of the molecule is COC(=O)C(NCc1cc(C(=O)O)sc1C)C(C)C. The Balaban J connectivity index is 2.74. The van der Waals surface area contributed by atoms with Crippen LogP contribution in [0.3, 0.4) is 0 Å². The number of carbonyl (C=O) groups is 2. The average molecular weight is 285 g/mol. The molecule has 0 spiro atoms. The van der Waals surface area contributed by atoms with Gasteiger partial charge in [-0.15, -0.1) is 11.3 Å². The topological polar surface area (TPSA) is 75.6 Å². The number of aryl methyl sites for hydroxylation is 1. The Bertz CT molecular complexity index is 467. The maximum absolute atomic E-state index is 11.6. The summed E-state index contributed by atoms with van der Waals surface area (Å²) in [5.74, 6) is -1.13. The van der Waals surface area contributed by atoms with Gasteiger partial charge in [-0.1, -0.05) is 13.8 Å². The minimum Gasteiger partial charge on any atom is -0.477 e. The number of esters is 1. The van der Waals surface area contributed by atoms with Crippen LogP contribution < -0.4 is 5.32 Å². The highest BCUT2D eigenvalue weighted by Crippen LogP contribution is 2.21. The molecule has 0 radical (unpaired) electrons. The first-order chi connectivity index (χ1) is 8.86.